The summed E-state index contributed by atoms with van der Waals surface area (Å²) in [5.74, 6) is 7.91. The molecule has 0 radical (unpaired) electrons. The highest BCUT2D eigenvalue weighted by Gasteiger charge is 2.21. The van der Waals surface area contributed by atoms with Crippen LogP contribution >= 0.6 is 0 Å². The summed E-state index contributed by atoms with van der Waals surface area (Å²) in [5.41, 5.74) is 4.27. The zero-order valence-corrected chi connectivity index (χ0v) is 11.1. The van der Waals surface area contributed by atoms with E-state index in [9.17, 15) is 0 Å². The second-order valence-electron chi connectivity index (χ2n) is 5.46. The van der Waals surface area contributed by atoms with Crippen molar-refractivity contribution < 1.29 is 0 Å². The lowest BCUT2D eigenvalue weighted by Crippen LogP contribution is -2.20. The molecule has 16 heavy (non-hydrogen) atoms. The fraction of sp³-hybridized carbons (Fsp3) is 0.857. The number of allylic oxidation sites excluding steroid dienone is 1. The first-order valence-corrected chi connectivity index (χ1v) is 6.84. The molecule has 1 fully saturated rings. The molecule has 0 aromatic rings. The summed E-state index contributed by atoms with van der Waals surface area (Å²) in [4.78, 5) is 0. The first-order chi connectivity index (χ1) is 7.69. The Kier molecular flexibility index (Phi) is 5.89. The lowest BCUT2D eigenvalue weighted by Gasteiger charge is -2.28. The minimum absolute atomic E-state index is 0.754. The van der Waals surface area contributed by atoms with E-state index < -0.39 is 0 Å². The molecule has 0 aromatic heterocycles. The Balaban J connectivity index is 2.63. The van der Waals surface area contributed by atoms with Crippen LogP contribution in [-0.2, 0) is 0 Å². The van der Waals surface area contributed by atoms with E-state index in [1.54, 1.807) is 0 Å². The highest BCUT2D eigenvalue weighted by atomic mass is 15.2. The predicted octanol–water partition coefficient (Wildman–Crippen LogP) is 3.60. The molecule has 0 heterocycles. The first kappa shape index (κ1) is 13.6. The Bertz CT molecular complexity index is 221. The zero-order chi connectivity index (χ0) is 12.0. The number of nitrogens with two attached hydrogens (primary N) is 1. The van der Waals surface area contributed by atoms with Crippen molar-refractivity contribution in [2.75, 3.05) is 0 Å². The summed E-state index contributed by atoms with van der Waals surface area (Å²) in [5, 5.41) is 0. The molecule has 1 aliphatic rings. The Morgan fingerprint density at radius 2 is 2.12 bits per heavy atom. The Hall–Kier alpha value is -0.500. The van der Waals surface area contributed by atoms with E-state index in [1.165, 1.54) is 44.1 Å². The monoisotopic (exact) mass is 224 g/mol. The van der Waals surface area contributed by atoms with Gasteiger partial charge in [-0.1, -0.05) is 39.2 Å². The topological polar surface area (TPSA) is 38.0 Å². The molecular weight excluding hydrogens is 196 g/mol. The van der Waals surface area contributed by atoms with E-state index in [0.29, 0.717) is 0 Å². The molecule has 3 N–H and O–H groups in total. The number of rotatable bonds is 3. The van der Waals surface area contributed by atoms with Gasteiger partial charge in [-0.3, -0.25) is 5.84 Å². The first-order valence-electron chi connectivity index (χ1n) is 6.84. The van der Waals surface area contributed by atoms with Crippen LogP contribution in [0.3, 0.4) is 0 Å². The standard InChI is InChI=1S/C14H28N2/c1-4-12-6-5-7-13(11(2)3)8-9-14(12)10-16-15/h10-13,16H,4-9,15H2,1-3H3/b14-10-. The van der Waals surface area contributed by atoms with Gasteiger partial charge in [0.05, 0.1) is 0 Å². The summed E-state index contributed by atoms with van der Waals surface area (Å²) in [6.45, 7) is 7.00. The van der Waals surface area contributed by atoms with Crippen LogP contribution in [0.1, 0.15) is 59.3 Å². The fourth-order valence-corrected chi connectivity index (χ4v) is 2.94. The molecule has 2 atom stereocenters. The summed E-state index contributed by atoms with van der Waals surface area (Å²) in [7, 11) is 0. The average Bonchev–Trinajstić information content (AvgIpc) is 2.22. The number of nitrogens with one attached hydrogen (secondary N) is 1. The SMILES string of the molecule is CCC1CCCC(C(C)C)CC/C1=C/NN. The van der Waals surface area contributed by atoms with E-state index in [2.05, 4.69) is 26.2 Å². The molecule has 0 spiro atoms. The normalized spacial score (nSPS) is 30.2. The van der Waals surface area contributed by atoms with Crippen LogP contribution in [0.5, 0.6) is 0 Å². The molecule has 2 nitrogen and oxygen atoms in total. The lowest BCUT2D eigenvalue weighted by atomic mass is 9.78. The highest BCUT2D eigenvalue weighted by Crippen LogP contribution is 2.34. The molecule has 94 valence electrons. The molecule has 1 saturated carbocycles. The van der Waals surface area contributed by atoms with Gasteiger partial charge in [0.1, 0.15) is 0 Å². The molecule has 2 unspecified atom stereocenters. The quantitative estimate of drug-likeness (QED) is 0.568. The molecule has 0 bridgehead atoms. The van der Waals surface area contributed by atoms with Crippen LogP contribution in [0.4, 0.5) is 0 Å². The maximum Gasteiger partial charge on any atom is 0.0117 e. The maximum absolute atomic E-state index is 5.43. The van der Waals surface area contributed by atoms with Crippen molar-refractivity contribution >= 4 is 0 Å². The zero-order valence-electron chi connectivity index (χ0n) is 11.1. The second-order valence-corrected chi connectivity index (χ2v) is 5.46. The molecule has 1 aliphatic carbocycles. The summed E-state index contributed by atoms with van der Waals surface area (Å²) >= 11 is 0. The Labute approximate surface area is 101 Å². The largest absolute Gasteiger partial charge is 0.331 e. The molecule has 0 saturated heterocycles. The third-order valence-electron chi connectivity index (χ3n) is 4.16. The van der Waals surface area contributed by atoms with Crippen molar-refractivity contribution in [2.45, 2.75) is 59.3 Å². The van der Waals surface area contributed by atoms with Crippen molar-refractivity contribution in [1.82, 2.24) is 5.43 Å². The Morgan fingerprint density at radius 3 is 2.69 bits per heavy atom. The third-order valence-corrected chi connectivity index (χ3v) is 4.16. The van der Waals surface area contributed by atoms with E-state index >= 15 is 0 Å². The molecule has 0 amide bonds. The van der Waals surface area contributed by atoms with Gasteiger partial charge in [-0.15, -0.1) is 0 Å². The van der Waals surface area contributed by atoms with Crippen LogP contribution in [-0.4, -0.2) is 0 Å². The third kappa shape index (κ3) is 3.82. The fourth-order valence-electron chi connectivity index (χ4n) is 2.94. The highest BCUT2D eigenvalue weighted by molar-refractivity contribution is 5.06. The van der Waals surface area contributed by atoms with E-state index in [0.717, 1.165) is 17.8 Å². The molecular formula is C14H28N2. The van der Waals surface area contributed by atoms with Crippen LogP contribution in [0, 0.1) is 17.8 Å². The molecule has 2 heteroatoms. The van der Waals surface area contributed by atoms with Crippen LogP contribution < -0.4 is 11.3 Å². The van der Waals surface area contributed by atoms with Crippen molar-refractivity contribution in [1.29, 1.82) is 0 Å². The van der Waals surface area contributed by atoms with Crippen LogP contribution in [0.25, 0.3) is 0 Å². The van der Waals surface area contributed by atoms with Gasteiger partial charge in [0, 0.05) is 6.20 Å². The second kappa shape index (κ2) is 6.95. The van der Waals surface area contributed by atoms with E-state index in [4.69, 9.17) is 5.84 Å². The van der Waals surface area contributed by atoms with Gasteiger partial charge in [-0.05, 0) is 43.4 Å². The molecule has 1 rings (SSSR count). The molecule has 0 aliphatic heterocycles. The summed E-state index contributed by atoms with van der Waals surface area (Å²) in [6.07, 6.45) is 9.98. The van der Waals surface area contributed by atoms with Gasteiger partial charge in [-0.2, -0.15) is 0 Å². The number of hydrogen-bond donors (Lipinski definition) is 2. The smallest absolute Gasteiger partial charge is 0.0117 e. The minimum atomic E-state index is 0.754. The molecule has 0 aromatic carbocycles. The van der Waals surface area contributed by atoms with Gasteiger partial charge in [0.2, 0.25) is 0 Å². The van der Waals surface area contributed by atoms with Crippen molar-refractivity contribution in [3.8, 4) is 0 Å². The van der Waals surface area contributed by atoms with Crippen molar-refractivity contribution in [3.05, 3.63) is 11.8 Å². The summed E-state index contributed by atoms with van der Waals surface area (Å²) < 4.78 is 0. The van der Waals surface area contributed by atoms with Gasteiger partial charge >= 0.3 is 0 Å². The summed E-state index contributed by atoms with van der Waals surface area (Å²) in [6, 6.07) is 0. The van der Waals surface area contributed by atoms with Crippen molar-refractivity contribution in [3.63, 3.8) is 0 Å². The lowest BCUT2D eigenvalue weighted by molar-refractivity contribution is 0.294. The van der Waals surface area contributed by atoms with E-state index in [-0.39, 0.29) is 0 Å². The van der Waals surface area contributed by atoms with Crippen LogP contribution in [0.2, 0.25) is 0 Å². The number of hydrogen-bond acceptors (Lipinski definition) is 2. The van der Waals surface area contributed by atoms with E-state index in [1.807, 2.05) is 6.20 Å². The number of hydrazine groups is 1. The van der Waals surface area contributed by atoms with Gasteiger partial charge < -0.3 is 5.43 Å². The van der Waals surface area contributed by atoms with Gasteiger partial charge in [0.25, 0.3) is 0 Å². The minimum Gasteiger partial charge on any atom is -0.331 e. The van der Waals surface area contributed by atoms with Crippen molar-refractivity contribution in [2.24, 2.45) is 23.6 Å². The maximum atomic E-state index is 5.43. The average molecular weight is 224 g/mol. The van der Waals surface area contributed by atoms with Gasteiger partial charge in [-0.25, -0.2) is 0 Å². The Morgan fingerprint density at radius 1 is 1.38 bits per heavy atom. The predicted molar refractivity (Wildman–Crippen MR) is 70.6 cm³/mol. The van der Waals surface area contributed by atoms with Gasteiger partial charge in [0.15, 0.2) is 0 Å². The van der Waals surface area contributed by atoms with Crippen LogP contribution in [0.15, 0.2) is 11.8 Å².